The summed E-state index contributed by atoms with van der Waals surface area (Å²) in [6, 6.07) is 5.35. The first kappa shape index (κ1) is 15.3. The topological polar surface area (TPSA) is 26.3 Å². The molecule has 1 spiro atoms. The van der Waals surface area contributed by atoms with Crippen molar-refractivity contribution in [2.45, 2.75) is 50.5 Å². The van der Waals surface area contributed by atoms with E-state index in [9.17, 15) is 4.79 Å². The molecule has 2 aliphatic rings. The molecule has 1 saturated heterocycles. The van der Waals surface area contributed by atoms with E-state index in [0.717, 1.165) is 31.2 Å². The molecule has 1 aromatic rings. The molecule has 0 amide bonds. The number of halogens is 2. The van der Waals surface area contributed by atoms with Gasteiger partial charge in [0.2, 0.25) is 0 Å². The molecule has 1 heterocycles. The van der Waals surface area contributed by atoms with Crippen molar-refractivity contribution in [3.63, 3.8) is 0 Å². The maximum absolute atomic E-state index is 12.6. The van der Waals surface area contributed by atoms with Gasteiger partial charge in [-0.25, -0.2) is 0 Å². The standard InChI is InChI=1S/C17H20Cl2O2/c18-14-4-3-12(15(19)10-14)9-16(20)13-5-8-21-17(11-13)6-1-2-7-17/h3-4,10,13H,1-2,5-9,11H2. The van der Waals surface area contributed by atoms with E-state index in [2.05, 4.69) is 0 Å². The summed E-state index contributed by atoms with van der Waals surface area (Å²) in [5.74, 6) is 0.400. The van der Waals surface area contributed by atoms with Crippen LogP contribution in [0.15, 0.2) is 18.2 Å². The highest BCUT2D eigenvalue weighted by Gasteiger charge is 2.41. The molecule has 4 heteroatoms. The van der Waals surface area contributed by atoms with Crippen molar-refractivity contribution < 1.29 is 9.53 Å². The molecule has 21 heavy (non-hydrogen) atoms. The fourth-order valence-corrected chi connectivity index (χ4v) is 4.14. The minimum absolute atomic E-state index is 0.0115. The van der Waals surface area contributed by atoms with Crippen molar-refractivity contribution >= 4 is 29.0 Å². The summed E-state index contributed by atoms with van der Waals surface area (Å²) in [4.78, 5) is 12.6. The zero-order chi connectivity index (χ0) is 14.9. The van der Waals surface area contributed by atoms with Crippen molar-refractivity contribution in [1.82, 2.24) is 0 Å². The number of hydrogen-bond donors (Lipinski definition) is 0. The van der Waals surface area contributed by atoms with Crippen LogP contribution < -0.4 is 0 Å². The Kier molecular flexibility index (Phi) is 4.58. The second kappa shape index (κ2) is 6.28. The fourth-order valence-electron chi connectivity index (χ4n) is 3.67. The maximum Gasteiger partial charge on any atom is 0.140 e. The lowest BCUT2D eigenvalue weighted by Crippen LogP contribution is -2.40. The summed E-state index contributed by atoms with van der Waals surface area (Å²) >= 11 is 12.1. The Morgan fingerprint density at radius 3 is 2.76 bits per heavy atom. The molecule has 0 bridgehead atoms. The van der Waals surface area contributed by atoms with Crippen LogP contribution in [0.3, 0.4) is 0 Å². The fraction of sp³-hybridized carbons (Fsp3) is 0.588. The third-order valence-electron chi connectivity index (χ3n) is 4.84. The van der Waals surface area contributed by atoms with E-state index in [0.29, 0.717) is 23.1 Å². The van der Waals surface area contributed by atoms with Gasteiger partial charge in [-0.2, -0.15) is 0 Å². The smallest absolute Gasteiger partial charge is 0.140 e. The number of carbonyl (C=O) groups excluding carboxylic acids is 1. The Labute approximate surface area is 135 Å². The largest absolute Gasteiger partial charge is 0.375 e. The molecular weight excluding hydrogens is 307 g/mol. The predicted octanol–water partition coefficient (Wildman–Crippen LogP) is 4.84. The van der Waals surface area contributed by atoms with Crippen molar-refractivity contribution in [2.75, 3.05) is 6.61 Å². The molecule has 0 radical (unpaired) electrons. The highest BCUT2D eigenvalue weighted by atomic mass is 35.5. The predicted molar refractivity (Wildman–Crippen MR) is 85.0 cm³/mol. The van der Waals surface area contributed by atoms with Crippen molar-refractivity contribution in [3.05, 3.63) is 33.8 Å². The summed E-state index contributed by atoms with van der Waals surface area (Å²) in [5, 5.41) is 1.19. The minimum atomic E-state index is -0.0115. The molecular formula is C17H20Cl2O2. The summed E-state index contributed by atoms with van der Waals surface area (Å²) < 4.78 is 6.00. The van der Waals surface area contributed by atoms with Crippen molar-refractivity contribution in [2.24, 2.45) is 5.92 Å². The Bertz CT molecular complexity index is 536. The Balaban J connectivity index is 1.67. The number of ketones is 1. The quantitative estimate of drug-likeness (QED) is 0.794. The van der Waals surface area contributed by atoms with Crippen LogP contribution in [-0.4, -0.2) is 18.0 Å². The normalized spacial score (nSPS) is 24.4. The SMILES string of the molecule is O=C(Cc1ccc(Cl)cc1Cl)C1CCOC2(CCCC2)C1. The number of carbonyl (C=O) groups is 1. The van der Waals surface area contributed by atoms with Crippen LogP contribution in [0.4, 0.5) is 0 Å². The molecule has 1 unspecified atom stereocenters. The average molecular weight is 327 g/mol. The van der Waals surface area contributed by atoms with Crippen molar-refractivity contribution in [3.8, 4) is 0 Å². The molecule has 0 aromatic heterocycles. The molecule has 1 aliphatic heterocycles. The van der Waals surface area contributed by atoms with Crippen LogP contribution in [-0.2, 0) is 16.0 Å². The summed E-state index contributed by atoms with van der Waals surface area (Å²) in [7, 11) is 0. The average Bonchev–Trinajstić information content (AvgIpc) is 2.90. The summed E-state index contributed by atoms with van der Waals surface area (Å²) in [5.41, 5.74) is 0.862. The molecule has 0 N–H and O–H groups in total. The lowest BCUT2D eigenvalue weighted by Gasteiger charge is -2.37. The lowest BCUT2D eigenvalue weighted by atomic mass is 9.81. The van der Waals surface area contributed by atoms with Gasteiger partial charge in [0.05, 0.1) is 5.60 Å². The number of Topliss-reactive ketones (excluding diaryl/α,β-unsaturated/α-hetero) is 1. The van der Waals surface area contributed by atoms with Gasteiger partial charge >= 0.3 is 0 Å². The zero-order valence-corrected chi connectivity index (χ0v) is 13.6. The van der Waals surface area contributed by atoms with Gasteiger partial charge in [0.15, 0.2) is 0 Å². The molecule has 2 nitrogen and oxygen atoms in total. The number of hydrogen-bond acceptors (Lipinski definition) is 2. The lowest BCUT2D eigenvalue weighted by molar-refractivity contribution is -0.135. The summed E-state index contributed by atoms with van der Waals surface area (Å²) in [6.07, 6.45) is 6.80. The Morgan fingerprint density at radius 1 is 1.29 bits per heavy atom. The van der Waals surface area contributed by atoms with Gasteiger partial charge in [-0.1, -0.05) is 42.1 Å². The van der Waals surface area contributed by atoms with E-state index in [1.165, 1.54) is 12.8 Å². The number of rotatable bonds is 3. The van der Waals surface area contributed by atoms with E-state index >= 15 is 0 Å². The molecule has 1 aromatic carbocycles. The van der Waals surface area contributed by atoms with Crippen molar-refractivity contribution in [1.29, 1.82) is 0 Å². The maximum atomic E-state index is 12.6. The van der Waals surface area contributed by atoms with Crippen LogP contribution in [0.25, 0.3) is 0 Å². The molecule has 114 valence electrons. The number of benzene rings is 1. The van der Waals surface area contributed by atoms with Crippen LogP contribution >= 0.6 is 23.2 Å². The minimum Gasteiger partial charge on any atom is -0.375 e. The second-order valence-electron chi connectivity index (χ2n) is 6.31. The first-order valence-electron chi connectivity index (χ1n) is 7.69. The second-order valence-corrected chi connectivity index (χ2v) is 7.15. The molecule has 1 saturated carbocycles. The van der Waals surface area contributed by atoms with Crippen LogP contribution in [0.2, 0.25) is 10.0 Å². The van der Waals surface area contributed by atoms with E-state index in [4.69, 9.17) is 27.9 Å². The van der Waals surface area contributed by atoms with Gasteiger partial charge in [0.1, 0.15) is 5.78 Å². The number of ether oxygens (including phenoxy) is 1. The highest BCUT2D eigenvalue weighted by Crippen LogP contribution is 2.42. The third-order valence-corrected chi connectivity index (χ3v) is 5.43. The van der Waals surface area contributed by atoms with Gasteiger partial charge in [0.25, 0.3) is 0 Å². The van der Waals surface area contributed by atoms with Gasteiger partial charge in [-0.15, -0.1) is 0 Å². The molecule has 3 rings (SSSR count). The van der Waals surface area contributed by atoms with E-state index in [1.54, 1.807) is 12.1 Å². The van der Waals surface area contributed by atoms with E-state index < -0.39 is 0 Å². The highest BCUT2D eigenvalue weighted by molar-refractivity contribution is 6.35. The first-order valence-corrected chi connectivity index (χ1v) is 8.44. The van der Waals surface area contributed by atoms with Gasteiger partial charge < -0.3 is 4.74 Å². The Hall–Kier alpha value is -0.570. The summed E-state index contributed by atoms with van der Waals surface area (Å²) in [6.45, 7) is 0.713. The first-order chi connectivity index (χ1) is 10.1. The van der Waals surface area contributed by atoms with Crippen LogP contribution in [0.1, 0.15) is 44.1 Å². The van der Waals surface area contributed by atoms with E-state index in [-0.39, 0.29) is 17.3 Å². The molecule has 1 atom stereocenters. The van der Waals surface area contributed by atoms with Gasteiger partial charge in [-0.3, -0.25) is 4.79 Å². The van der Waals surface area contributed by atoms with Gasteiger partial charge in [-0.05, 0) is 43.4 Å². The zero-order valence-electron chi connectivity index (χ0n) is 12.0. The van der Waals surface area contributed by atoms with Crippen LogP contribution in [0, 0.1) is 5.92 Å². The third kappa shape index (κ3) is 3.44. The Morgan fingerprint density at radius 2 is 2.05 bits per heavy atom. The van der Waals surface area contributed by atoms with Crippen LogP contribution in [0.5, 0.6) is 0 Å². The monoisotopic (exact) mass is 326 g/mol. The molecule has 2 fully saturated rings. The van der Waals surface area contributed by atoms with Gasteiger partial charge in [0, 0.05) is 29.0 Å². The molecule has 1 aliphatic carbocycles. The van der Waals surface area contributed by atoms with E-state index in [1.807, 2.05) is 6.07 Å².